The topological polar surface area (TPSA) is 78.9 Å². The molecule has 0 aliphatic carbocycles. The minimum atomic E-state index is -1.94. The maximum atomic E-state index is 12.5. The lowest BCUT2D eigenvalue weighted by Crippen LogP contribution is -2.39. The van der Waals surface area contributed by atoms with Gasteiger partial charge < -0.3 is 9.64 Å². The maximum absolute atomic E-state index is 12.5. The highest BCUT2D eigenvalue weighted by atomic mass is 32.2. The zero-order chi connectivity index (χ0) is 15.9. The van der Waals surface area contributed by atoms with Crippen LogP contribution in [0, 0.1) is 5.92 Å². The van der Waals surface area contributed by atoms with Gasteiger partial charge in [0, 0.05) is 25.2 Å². The molecule has 0 spiro atoms. The van der Waals surface area contributed by atoms with Gasteiger partial charge in [0.2, 0.25) is 11.3 Å². The number of carbonyl (C=O) groups is 1. The van der Waals surface area contributed by atoms with Crippen molar-refractivity contribution < 1.29 is 18.3 Å². The summed E-state index contributed by atoms with van der Waals surface area (Å²) in [5, 5.41) is 0. The monoisotopic (exact) mass is 326 g/mol. The molecule has 1 aromatic carbocycles. The highest BCUT2D eigenvalue weighted by Gasteiger charge is 2.23. The van der Waals surface area contributed by atoms with Crippen LogP contribution in [-0.4, -0.2) is 46.3 Å². The molecule has 1 amide bonds. The van der Waals surface area contributed by atoms with Crippen molar-refractivity contribution in [2.75, 3.05) is 26.7 Å². The Labute approximate surface area is 133 Å². The number of nitrogens with one attached hydrogen (secondary N) is 1. The van der Waals surface area contributed by atoms with Gasteiger partial charge in [-0.15, -0.1) is 0 Å². The molecule has 122 valence electrons. The molecule has 2 N–H and O–H groups in total. The van der Waals surface area contributed by atoms with Crippen molar-refractivity contribution in [2.45, 2.75) is 19.3 Å². The molecule has 1 aliphatic heterocycles. The van der Waals surface area contributed by atoms with Crippen LogP contribution >= 0.6 is 0 Å². The van der Waals surface area contributed by atoms with Crippen molar-refractivity contribution in [1.82, 2.24) is 9.62 Å². The van der Waals surface area contributed by atoms with E-state index in [-0.39, 0.29) is 5.91 Å². The first kappa shape index (κ1) is 16.9. The highest BCUT2D eigenvalue weighted by molar-refractivity contribution is 7.77. The molecule has 0 saturated carbocycles. The van der Waals surface area contributed by atoms with Crippen molar-refractivity contribution in [2.24, 2.45) is 5.92 Å². The van der Waals surface area contributed by atoms with E-state index in [1.165, 1.54) is 0 Å². The summed E-state index contributed by atoms with van der Waals surface area (Å²) in [6, 6.07) is 7.20. The molecule has 1 heterocycles. The fraction of sp³-hybridized carbons (Fsp3) is 0.533. The molecule has 1 fully saturated rings. The summed E-state index contributed by atoms with van der Waals surface area (Å²) >= 11 is -1.94. The number of hydrogen-bond donors (Lipinski definition) is 2. The molecule has 7 heteroatoms. The van der Waals surface area contributed by atoms with Gasteiger partial charge in [-0.2, -0.15) is 0 Å². The van der Waals surface area contributed by atoms with Crippen LogP contribution < -0.4 is 9.46 Å². The van der Waals surface area contributed by atoms with E-state index < -0.39 is 11.3 Å². The van der Waals surface area contributed by atoms with Crippen LogP contribution in [-0.2, 0) is 11.3 Å². The van der Waals surface area contributed by atoms with Gasteiger partial charge in [-0.1, -0.05) is 6.07 Å². The van der Waals surface area contributed by atoms with Crippen LogP contribution in [0.5, 0.6) is 5.75 Å². The molecule has 22 heavy (non-hydrogen) atoms. The van der Waals surface area contributed by atoms with E-state index in [1.807, 2.05) is 17.0 Å². The molecular weight excluding hydrogens is 304 g/mol. The lowest BCUT2D eigenvalue weighted by atomic mass is 9.93. The van der Waals surface area contributed by atoms with Crippen molar-refractivity contribution in [1.29, 1.82) is 0 Å². The Balaban J connectivity index is 1.83. The first-order valence-electron chi connectivity index (χ1n) is 7.38. The van der Waals surface area contributed by atoms with Crippen LogP contribution in [0.3, 0.4) is 0 Å². The Kier molecular flexibility index (Phi) is 6.35. The molecule has 0 aromatic heterocycles. The van der Waals surface area contributed by atoms with Crippen LogP contribution in [0.4, 0.5) is 0 Å². The van der Waals surface area contributed by atoms with E-state index in [0.717, 1.165) is 32.4 Å². The number of benzene rings is 1. The summed E-state index contributed by atoms with van der Waals surface area (Å²) in [4.78, 5) is 14.3. The maximum Gasteiger partial charge on any atom is 0.253 e. The lowest BCUT2D eigenvalue weighted by molar-refractivity contribution is 0.0687. The molecular formula is C15H22N2O4S. The predicted octanol–water partition coefficient (Wildman–Crippen LogP) is 1.66. The van der Waals surface area contributed by atoms with Crippen LogP contribution in [0.15, 0.2) is 24.3 Å². The summed E-state index contributed by atoms with van der Waals surface area (Å²) in [6.45, 7) is 1.98. The quantitative estimate of drug-likeness (QED) is 0.779. The lowest BCUT2D eigenvalue weighted by Gasteiger charge is -2.32. The SMILES string of the molecule is COc1cccc(C(=O)N2CCC(CCNS(=O)O)CC2)c1. The predicted molar refractivity (Wildman–Crippen MR) is 85.0 cm³/mol. The number of ether oxygens (including phenoxy) is 1. The first-order valence-corrected chi connectivity index (χ1v) is 8.48. The average molecular weight is 326 g/mol. The second-order valence-electron chi connectivity index (χ2n) is 5.40. The molecule has 6 nitrogen and oxygen atoms in total. The van der Waals surface area contributed by atoms with Crippen molar-refractivity contribution in [3.05, 3.63) is 29.8 Å². The van der Waals surface area contributed by atoms with E-state index in [9.17, 15) is 9.00 Å². The van der Waals surface area contributed by atoms with E-state index in [0.29, 0.717) is 23.8 Å². The summed E-state index contributed by atoms with van der Waals surface area (Å²) in [6.07, 6.45) is 2.71. The summed E-state index contributed by atoms with van der Waals surface area (Å²) < 4.78 is 26.8. The largest absolute Gasteiger partial charge is 0.497 e. The van der Waals surface area contributed by atoms with Crippen molar-refractivity contribution in [3.8, 4) is 5.75 Å². The molecule has 2 rings (SSSR count). The molecule has 1 unspecified atom stereocenters. The zero-order valence-electron chi connectivity index (χ0n) is 12.7. The van der Waals surface area contributed by atoms with Crippen LogP contribution in [0.25, 0.3) is 0 Å². The Hall–Kier alpha value is -1.44. The molecule has 0 radical (unpaired) electrons. The van der Waals surface area contributed by atoms with Gasteiger partial charge >= 0.3 is 0 Å². The van der Waals surface area contributed by atoms with E-state index in [4.69, 9.17) is 9.29 Å². The number of piperidine rings is 1. The van der Waals surface area contributed by atoms with Crippen molar-refractivity contribution >= 4 is 17.2 Å². The normalized spacial score (nSPS) is 17.3. The van der Waals surface area contributed by atoms with Gasteiger partial charge in [-0.25, -0.2) is 8.93 Å². The van der Waals surface area contributed by atoms with Crippen LogP contribution in [0.1, 0.15) is 29.6 Å². The molecule has 1 aromatic rings. The molecule has 1 saturated heterocycles. The standard InChI is InChI=1S/C15H22N2O4S/c1-21-14-4-2-3-13(11-14)15(18)17-9-6-12(7-10-17)5-8-16-22(19)20/h2-4,11-12,16H,5-10H2,1H3,(H,19,20). The molecule has 0 bridgehead atoms. The fourth-order valence-corrected chi connectivity index (χ4v) is 3.01. The summed E-state index contributed by atoms with van der Waals surface area (Å²) in [7, 11) is 1.59. The Bertz CT molecular complexity index is 530. The Morgan fingerprint density at radius 2 is 2.18 bits per heavy atom. The first-order chi connectivity index (χ1) is 10.6. The third-order valence-corrected chi connectivity index (χ3v) is 4.45. The average Bonchev–Trinajstić information content (AvgIpc) is 2.54. The second kappa shape index (κ2) is 8.26. The van der Waals surface area contributed by atoms with E-state index >= 15 is 0 Å². The third-order valence-electron chi connectivity index (χ3n) is 4.00. The number of amides is 1. The number of rotatable bonds is 6. The van der Waals surface area contributed by atoms with Crippen LogP contribution in [0.2, 0.25) is 0 Å². The Morgan fingerprint density at radius 3 is 2.82 bits per heavy atom. The van der Waals surface area contributed by atoms with Gasteiger partial charge in [0.15, 0.2) is 0 Å². The minimum absolute atomic E-state index is 0.0342. The second-order valence-corrected chi connectivity index (χ2v) is 6.19. The van der Waals surface area contributed by atoms with Gasteiger partial charge in [-0.3, -0.25) is 9.35 Å². The van der Waals surface area contributed by atoms with Crippen molar-refractivity contribution in [3.63, 3.8) is 0 Å². The van der Waals surface area contributed by atoms with Gasteiger partial charge in [0.05, 0.1) is 7.11 Å². The summed E-state index contributed by atoms with van der Waals surface area (Å²) in [5.74, 6) is 1.21. The number of hydrogen-bond acceptors (Lipinski definition) is 3. The van der Waals surface area contributed by atoms with E-state index in [1.54, 1.807) is 19.2 Å². The molecule has 1 atom stereocenters. The summed E-state index contributed by atoms with van der Waals surface area (Å²) in [5.41, 5.74) is 0.648. The van der Waals surface area contributed by atoms with Gasteiger partial charge in [-0.05, 0) is 43.4 Å². The minimum Gasteiger partial charge on any atom is -0.497 e. The number of carbonyl (C=O) groups excluding carboxylic acids is 1. The fourth-order valence-electron chi connectivity index (χ4n) is 2.71. The molecule has 1 aliphatic rings. The van der Waals surface area contributed by atoms with E-state index in [2.05, 4.69) is 4.72 Å². The van der Waals surface area contributed by atoms with Gasteiger partial charge in [0.25, 0.3) is 5.91 Å². The third kappa shape index (κ3) is 4.79. The number of likely N-dealkylation sites (tertiary alicyclic amines) is 1. The smallest absolute Gasteiger partial charge is 0.253 e. The van der Waals surface area contributed by atoms with Gasteiger partial charge in [0.1, 0.15) is 5.75 Å². The number of nitrogens with zero attached hydrogens (tertiary/aromatic N) is 1. The Morgan fingerprint density at radius 1 is 1.45 bits per heavy atom. The highest BCUT2D eigenvalue weighted by Crippen LogP contribution is 2.22. The number of methoxy groups -OCH3 is 1. The zero-order valence-corrected chi connectivity index (χ0v) is 13.5.